The zero-order valence-corrected chi connectivity index (χ0v) is 22.3. The summed E-state index contributed by atoms with van der Waals surface area (Å²) in [5.74, 6) is -4.87. The lowest BCUT2D eigenvalue weighted by molar-refractivity contribution is -0.193. The number of alkyl halides is 6. The number of hydrogen-bond acceptors (Lipinski definition) is 7. The molecule has 2 atom stereocenters. The highest BCUT2D eigenvalue weighted by Gasteiger charge is 2.41. The normalized spacial score (nSPS) is 22.7. The lowest BCUT2D eigenvalue weighted by Gasteiger charge is -2.27. The fourth-order valence-electron chi connectivity index (χ4n) is 3.96. The van der Waals surface area contributed by atoms with Gasteiger partial charge >= 0.3 is 24.3 Å². The first kappa shape index (κ1) is 33.9. The Morgan fingerprint density at radius 2 is 1.56 bits per heavy atom. The number of aliphatic carboxylic acids is 2. The highest BCUT2D eigenvalue weighted by atomic mass is 32.2. The molecule has 2 aliphatic rings. The third-order valence-electron chi connectivity index (χ3n) is 6.06. The maximum atomic E-state index is 13.0. The summed E-state index contributed by atoms with van der Waals surface area (Å²) in [7, 11) is 0. The fraction of sp³-hybridized carbons (Fsp3) is 0.609. The minimum Gasteiger partial charge on any atom is -0.475 e. The number of hydrogen-bond donors (Lipinski definition) is 3. The van der Waals surface area contributed by atoms with Crippen molar-refractivity contribution in [3.8, 4) is 6.07 Å². The lowest BCUT2D eigenvalue weighted by Crippen LogP contribution is -2.43. The summed E-state index contributed by atoms with van der Waals surface area (Å²) in [6.07, 6.45) is -4.86. The standard InChI is InChI=1S/C19H26FN5OS.2C2HF3O2/c1-2-19-23(18(11-21)13-27-19)25-24(26-25)17-9-7-16(8-10-17)22-12-14-3-5-15(20)6-4-14;2*3-2(4,5)1(6)7/h3-6,16-19,22H,2,7-10,12-13H2,1H3;2*(H,6,7). The van der Waals surface area contributed by atoms with Gasteiger partial charge in [0.05, 0.1) is 17.5 Å². The van der Waals surface area contributed by atoms with Crippen molar-refractivity contribution in [1.29, 1.82) is 5.26 Å². The van der Waals surface area contributed by atoms with E-state index in [2.05, 4.69) is 23.3 Å². The second-order valence-corrected chi connectivity index (χ2v) is 10.2. The molecule has 1 aromatic heterocycles. The molecule has 2 fully saturated rings. The number of rotatable bonds is 6. The van der Waals surface area contributed by atoms with Gasteiger partial charge in [0.25, 0.3) is 0 Å². The number of carboxylic acid groups (broad SMARTS) is 2. The number of nitriles is 1. The Balaban J connectivity index is 0.000000349. The van der Waals surface area contributed by atoms with Crippen molar-refractivity contribution in [2.75, 3.05) is 10.8 Å². The Morgan fingerprint density at radius 1 is 1.05 bits per heavy atom. The SMILES string of the molecule is CCC1SCC(C#N)N1n1on1C1CCC(NCc2ccc(F)cc2)CC1.O=C(O)C(F)(F)F.O=C(O)C(F)(F)F. The molecule has 2 unspecified atom stereocenters. The molecule has 0 amide bonds. The molecule has 0 spiro atoms. The van der Waals surface area contributed by atoms with Crippen molar-refractivity contribution in [2.45, 2.75) is 81.4 Å². The van der Waals surface area contributed by atoms with Gasteiger partial charge in [-0.15, -0.1) is 11.8 Å². The van der Waals surface area contributed by atoms with Crippen molar-refractivity contribution >= 4 is 23.7 Å². The van der Waals surface area contributed by atoms with Crippen LogP contribution in [-0.2, 0) is 16.1 Å². The first-order valence-corrected chi connectivity index (χ1v) is 13.3. The Labute approximate surface area is 233 Å². The van der Waals surface area contributed by atoms with Gasteiger partial charge in [-0.05, 0) is 49.8 Å². The molecular weight excluding hydrogens is 591 g/mol. The van der Waals surface area contributed by atoms with E-state index < -0.39 is 24.3 Å². The van der Waals surface area contributed by atoms with E-state index in [1.54, 1.807) is 0 Å². The third-order valence-corrected chi connectivity index (χ3v) is 7.50. The van der Waals surface area contributed by atoms with E-state index in [9.17, 15) is 36.0 Å². The van der Waals surface area contributed by atoms with Gasteiger partial charge in [0.2, 0.25) is 0 Å². The predicted molar refractivity (Wildman–Crippen MR) is 131 cm³/mol. The van der Waals surface area contributed by atoms with Crippen molar-refractivity contribution in [2.24, 2.45) is 0 Å². The van der Waals surface area contributed by atoms with Crippen molar-refractivity contribution in [1.82, 2.24) is 15.1 Å². The Bertz CT molecular complexity index is 1120. The van der Waals surface area contributed by atoms with Crippen LogP contribution in [0.2, 0.25) is 0 Å². The molecule has 1 aliphatic heterocycles. The maximum absolute atomic E-state index is 13.0. The molecular formula is C23H28F7N5O5S. The van der Waals surface area contributed by atoms with E-state index in [0.717, 1.165) is 50.0 Å². The van der Waals surface area contributed by atoms with Gasteiger partial charge in [0.1, 0.15) is 11.9 Å². The molecule has 10 nitrogen and oxygen atoms in total. The second-order valence-electron chi connectivity index (χ2n) is 8.98. The van der Waals surface area contributed by atoms with E-state index in [4.69, 9.17) is 24.4 Å². The predicted octanol–water partition coefficient (Wildman–Crippen LogP) is 4.87. The molecule has 1 saturated carbocycles. The Kier molecular flexibility index (Phi) is 12.0. The van der Waals surface area contributed by atoms with Gasteiger partial charge in [-0.3, -0.25) is 0 Å². The Morgan fingerprint density at radius 3 is 2.00 bits per heavy atom. The molecule has 0 bridgehead atoms. The van der Waals surface area contributed by atoms with Crippen LogP contribution in [0.4, 0.5) is 30.7 Å². The van der Waals surface area contributed by atoms with Gasteiger partial charge < -0.3 is 15.5 Å². The van der Waals surface area contributed by atoms with Gasteiger partial charge in [-0.1, -0.05) is 23.9 Å². The van der Waals surface area contributed by atoms with E-state index in [1.165, 1.54) is 12.1 Å². The summed E-state index contributed by atoms with van der Waals surface area (Å²) >= 11 is 1.83. The molecule has 3 N–H and O–H groups in total. The van der Waals surface area contributed by atoms with E-state index >= 15 is 0 Å². The average molecular weight is 620 g/mol. The molecule has 2 heterocycles. The second kappa shape index (κ2) is 14.5. The van der Waals surface area contributed by atoms with Gasteiger partial charge in [-0.2, -0.15) is 31.6 Å². The summed E-state index contributed by atoms with van der Waals surface area (Å²) < 4.78 is 82.2. The topological polar surface area (TPSA) is 137 Å². The van der Waals surface area contributed by atoms with Crippen molar-refractivity contribution < 1.29 is 55.2 Å². The lowest BCUT2D eigenvalue weighted by atomic mass is 9.91. The highest BCUT2D eigenvalue weighted by Crippen LogP contribution is 2.35. The van der Waals surface area contributed by atoms with E-state index in [0.29, 0.717) is 17.5 Å². The smallest absolute Gasteiger partial charge is 0.475 e. The number of halogens is 7. The Hall–Kier alpha value is -3.33. The van der Waals surface area contributed by atoms with Crippen LogP contribution in [0.1, 0.15) is 50.6 Å². The van der Waals surface area contributed by atoms with E-state index in [1.807, 2.05) is 33.7 Å². The summed E-state index contributed by atoms with van der Waals surface area (Å²) in [5, 5.41) is 29.6. The molecule has 41 heavy (non-hydrogen) atoms. The number of carbonyl (C=O) groups is 2. The van der Waals surface area contributed by atoms with E-state index in [-0.39, 0.29) is 11.9 Å². The summed E-state index contributed by atoms with van der Waals surface area (Å²) in [4.78, 5) is 21.6. The highest BCUT2D eigenvalue weighted by molar-refractivity contribution is 8.00. The van der Waals surface area contributed by atoms with Crippen LogP contribution in [0.3, 0.4) is 0 Å². The summed E-state index contributed by atoms with van der Waals surface area (Å²) in [5.41, 5.74) is 1.11. The van der Waals surface area contributed by atoms with Crippen LogP contribution in [0.25, 0.3) is 0 Å². The molecule has 1 saturated heterocycles. The zero-order valence-electron chi connectivity index (χ0n) is 21.5. The van der Waals surface area contributed by atoms with Gasteiger partial charge in [-0.25, -0.2) is 23.6 Å². The largest absolute Gasteiger partial charge is 0.490 e. The fourth-order valence-corrected chi connectivity index (χ4v) is 5.21. The molecule has 18 heteroatoms. The number of aromatic nitrogens is 2. The third kappa shape index (κ3) is 10.5. The number of thioether (sulfide) groups is 1. The van der Waals surface area contributed by atoms with Crippen LogP contribution in [0, 0.1) is 17.1 Å². The molecule has 230 valence electrons. The molecule has 4 rings (SSSR count). The molecule has 1 aliphatic carbocycles. The molecule has 2 aromatic rings. The number of nitrogens with one attached hydrogen (secondary N) is 1. The molecule has 1 aromatic carbocycles. The summed E-state index contributed by atoms with van der Waals surface area (Å²) in [6.45, 7) is 2.92. The number of nitrogens with zero attached hydrogens (tertiary/aromatic N) is 4. The van der Waals surface area contributed by atoms with Gasteiger partial charge in [0, 0.05) is 23.3 Å². The van der Waals surface area contributed by atoms with Crippen molar-refractivity contribution in [3.63, 3.8) is 0 Å². The van der Waals surface area contributed by atoms with Crippen LogP contribution in [0.5, 0.6) is 0 Å². The summed E-state index contributed by atoms with van der Waals surface area (Å²) in [6, 6.07) is 9.82. The monoisotopic (exact) mass is 619 g/mol. The number of benzene rings is 1. The first-order valence-electron chi connectivity index (χ1n) is 12.2. The minimum absolute atomic E-state index is 0.112. The van der Waals surface area contributed by atoms with Crippen LogP contribution < -0.4 is 10.3 Å². The average Bonchev–Trinajstić information content (AvgIpc) is 3.58. The number of carboxylic acids is 2. The quantitative estimate of drug-likeness (QED) is 0.387. The molecule has 0 radical (unpaired) electrons. The zero-order chi connectivity index (χ0) is 31.0. The maximum Gasteiger partial charge on any atom is 0.490 e. The van der Waals surface area contributed by atoms with Crippen LogP contribution >= 0.6 is 11.8 Å². The minimum atomic E-state index is -5.08. The van der Waals surface area contributed by atoms with Crippen LogP contribution in [-0.4, -0.2) is 67.5 Å². The van der Waals surface area contributed by atoms with Crippen LogP contribution in [0.15, 0.2) is 28.9 Å². The van der Waals surface area contributed by atoms with Gasteiger partial charge in [0.15, 0.2) is 0 Å². The first-order chi connectivity index (χ1) is 19.1. The van der Waals surface area contributed by atoms with Crippen molar-refractivity contribution in [3.05, 3.63) is 35.6 Å².